The first-order valence-corrected chi connectivity index (χ1v) is 7.90. The third kappa shape index (κ3) is 4.75. The van der Waals surface area contributed by atoms with Crippen LogP contribution in [0.2, 0.25) is 0 Å². The normalized spacial score (nSPS) is 10.8. The molecule has 0 amide bonds. The Bertz CT molecular complexity index is 740. The minimum Gasteiger partial charge on any atom is -0.426 e. The molecule has 2 aromatic rings. The lowest BCUT2D eigenvalue weighted by molar-refractivity contribution is -0.139. The number of rotatable bonds is 6. The molecule has 24 heavy (non-hydrogen) atoms. The van der Waals surface area contributed by atoms with Gasteiger partial charge in [-0.2, -0.15) is 15.5 Å². The molecule has 0 aromatic heterocycles. The molecule has 0 N–H and O–H groups in total. The Kier molecular flexibility index (Phi) is 6.21. The molecule has 0 saturated carbocycles. The fraction of sp³-hybridized carbons (Fsp3) is 0.263. The van der Waals surface area contributed by atoms with Crippen LogP contribution in [0.4, 0.5) is 11.4 Å². The summed E-state index contributed by atoms with van der Waals surface area (Å²) in [7, 11) is 0. The van der Waals surface area contributed by atoms with Crippen molar-refractivity contribution in [2.45, 2.75) is 26.7 Å². The lowest BCUT2D eigenvalue weighted by Gasteiger charge is -2.11. The van der Waals surface area contributed by atoms with Gasteiger partial charge in [-0.05, 0) is 61.4 Å². The Labute approximate surface area is 141 Å². The van der Waals surface area contributed by atoms with Gasteiger partial charge in [-0.25, -0.2) is 0 Å². The molecule has 0 unspecified atom stereocenters. The molecule has 0 spiro atoms. The second-order valence-corrected chi connectivity index (χ2v) is 5.29. The van der Waals surface area contributed by atoms with Gasteiger partial charge in [-0.3, -0.25) is 4.79 Å². The lowest BCUT2D eigenvalue weighted by atomic mass is 10.0. The summed E-state index contributed by atoms with van der Waals surface area (Å²) in [4.78, 5) is 11.9. The van der Waals surface area contributed by atoms with E-state index in [4.69, 9.17) is 10.00 Å². The van der Waals surface area contributed by atoms with Gasteiger partial charge in [-0.1, -0.05) is 13.8 Å². The van der Waals surface area contributed by atoms with Crippen LogP contribution in [0.5, 0.6) is 5.75 Å². The molecular weight excluding hydrogens is 302 g/mol. The standard InChI is InChI=1S/C19H19N3O2/c1-3-15(4-2)19(23)24-18-11-9-17(10-12-18)22-21-16-7-5-14(13-20)6-8-16/h5-12,15H,3-4H2,1-2H3. The van der Waals surface area contributed by atoms with Crippen molar-refractivity contribution in [2.24, 2.45) is 16.1 Å². The molecule has 0 heterocycles. The summed E-state index contributed by atoms with van der Waals surface area (Å²) < 4.78 is 5.36. The van der Waals surface area contributed by atoms with Crippen LogP contribution in [-0.4, -0.2) is 5.97 Å². The van der Waals surface area contributed by atoms with Gasteiger partial charge in [0.1, 0.15) is 5.75 Å². The third-order valence-corrected chi connectivity index (χ3v) is 3.65. The highest BCUT2D eigenvalue weighted by molar-refractivity contribution is 5.75. The topological polar surface area (TPSA) is 74.8 Å². The lowest BCUT2D eigenvalue weighted by Crippen LogP contribution is -2.19. The number of esters is 1. The maximum Gasteiger partial charge on any atom is 0.314 e. The van der Waals surface area contributed by atoms with Crippen molar-refractivity contribution in [1.82, 2.24) is 0 Å². The largest absolute Gasteiger partial charge is 0.426 e. The SMILES string of the molecule is CCC(CC)C(=O)Oc1ccc(N=Nc2ccc(C#N)cc2)cc1. The summed E-state index contributed by atoms with van der Waals surface area (Å²) >= 11 is 0. The number of carbonyl (C=O) groups excluding carboxylic acids is 1. The predicted molar refractivity (Wildman–Crippen MR) is 91.5 cm³/mol. The van der Waals surface area contributed by atoms with Crippen molar-refractivity contribution in [3.05, 3.63) is 54.1 Å². The third-order valence-electron chi connectivity index (χ3n) is 3.65. The van der Waals surface area contributed by atoms with Crippen molar-refractivity contribution in [3.8, 4) is 11.8 Å². The molecule has 0 atom stereocenters. The van der Waals surface area contributed by atoms with Gasteiger partial charge < -0.3 is 4.74 Å². The minimum atomic E-state index is -0.202. The zero-order valence-corrected chi connectivity index (χ0v) is 13.8. The number of ether oxygens (including phenoxy) is 1. The van der Waals surface area contributed by atoms with Crippen molar-refractivity contribution in [3.63, 3.8) is 0 Å². The van der Waals surface area contributed by atoms with Crippen LogP contribution >= 0.6 is 0 Å². The second kappa shape index (κ2) is 8.59. The number of hydrogen-bond donors (Lipinski definition) is 0. The zero-order chi connectivity index (χ0) is 17.4. The number of nitriles is 1. The van der Waals surface area contributed by atoms with Crippen LogP contribution in [0.25, 0.3) is 0 Å². The van der Waals surface area contributed by atoms with E-state index in [0.717, 1.165) is 12.8 Å². The van der Waals surface area contributed by atoms with E-state index in [1.807, 2.05) is 13.8 Å². The molecule has 122 valence electrons. The van der Waals surface area contributed by atoms with Gasteiger partial charge >= 0.3 is 5.97 Å². The number of benzene rings is 2. The fourth-order valence-corrected chi connectivity index (χ4v) is 2.12. The molecule has 0 aliphatic rings. The van der Waals surface area contributed by atoms with Gasteiger partial charge in [0.05, 0.1) is 28.9 Å². The summed E-state index contributed by atoms with van der Waals surface area (Å²) in [6, 6.07) is 15.8. The van der Waals surface area contributed by atoms with E-state index in [9.17, 15) is 4.79 Å². The van der Waals surface area contributed by atoms with E-state index >= 15 is 0 Å². The maximum absolute atomic E-state index is 11.9. The molecule has 0 aliphatic heterocycles. The molecule has 0 saturated heterocycles. The Balaban J connectivity index is 1.99. The summed E-state index contributed by atoms with van der Waals surface area (Å²) in [5.41, 5.74) is 1.90. The number of azo groups is 1. The van der Waals surface area contributed by atoms with Crippen LogP contribution in [-0.2, 0) is 4.79 Å². The quantitative estimate of drug-likeness (QED) is 0.411. The Hall–Kier alpha value is -3.00. The van der Waals surface area contributed by atoms with E-state index in [1.54, 1.807) is 48.5 Å². The molecule has 0 fully saturated rings. The van der Waals surface area contributed by atoms with Gasteiger partial charge in [0.15, 0.2) is 0 Å². The van der Waals surface area contributed by atoms with E-state index in [0.29, 0.717) is 22.7 Å². The molecule has 0 aliphatic carbocycles. The first-order valence-electron chi connectivity index (χ1n) is 7.90. The molecule has 5 nitrogen and oxygen atoms in total. The van der Waals surface area contributed by atoms with Gasteiger partial charge in [-0.15, -0.1) is 0 Å². The van der Waals surface area contributed by atoms with Crippen LogP contribution in [0.15, 0.2) is 58.8 Å². The monoisotopic (exact) mass is 321 g/mol. The van der Waals surface area contributed by atoms with Crippen molar-refractivity contribution in [2.75, 3.05) is 0 Å². The Morgan fingerprint density at radius 2 is 1.50 bits per heavy atom. The predicted octanol–water partition coefficient (Wildman–Crippen LogP) is 5.32. The molecule has 0 bridgehead atoms. The molecule has 2 aromatic carbocycles. The first kappa shape index (κ1) is 17.4. The average Bonchev–Trinajstić information content (AvgIpc) is 2.62. The number of carbonyl (C=O) groups is 1. The zero-order valence-electron chi connectivity index (χ0n) is 13.8. The molecule has 5 heteroatoms. The smallest absolute Gasteiger partial charge is 0.314 e. The van der Waals surface area contributed by atoms with Crippen molar-refractivity contribution < 1.29 is 9.53 Å². The van der Waals surface area contributed by atoms with Gasteiger partial charge in [0, 0.05) is 0 Å². The van der Waals surface area contributed by atoms with Crippen molar-refractivity contribution in [1.29, 1.82) is 5.26 Å². The van der Waals surface area contributed by atoms with Crippen LogP contribution in [0.3, 0.4) is 0 Å². The van der Waals surface area contributed by atoms with Crippen molar-refractivity contribution >= 4 is 17.3 Å². The van der Waals surface area contributed by atoms with E-state index in [-0.39, 0.29) is 11.9 Å². The Morgan fingerprint density at radius 1 is 1.00 bits per heavy atom. The number of hydrogen-bond acceptors (Lipinski definition) is 5. The van der Waals surface area contributed by atoms with Gasteiger partial charge in [0.25, 0.3) is 0 Å². The summed E-state index contributed by atoms with van der Waals surface area (Å²) in [5, 5.41) is 17.0. The second-order valence-electron chi connectivity index (χ2n) is 5.29. The van der Waals surface area contributed by atoms with E-state index in [2.05, 4.69) is 16.3 Å². The van der Waals surface area contributed by atoms with Crippen LogP contribution < -0.4 is 4.74 Å². The van der Waals surface area contributed by atoms with Crippen LogP contribution in [0, 0.1) is 17.2 Å². The minimum absolute atomic E-state index is 0.0688. The van der Waals surface area contributed by atoms with E-state index in [1.165, 1.54) is 0 Å². The summed E-state index contributed by atoms with van der Waals surface area (Å²) in [5.74, 6) is 0.233. The highest BCUT2D eigenvalue weighted by Gasteiger charge is 2.16. The summed E-state index contributed by atoms with van der Waals surface area (Å²) in [6.45, 7) is 3.95. The fourth-order valence-electron chi connectivity index (χ4n) is 2.12. The average molecular weight is 321 g/mol. The highest BCUT2D eigenvalue weighted by Crippen LogP contribution is 2.22. The van der Waals surface area contributed by atoms with E-state index < -0.39 is 0 Å². The maximum atomic E-state index is 11.9. The molecular formula is C19H19N3O2. The summed E-state index contributed by atoms with van der Waals surface area (Å²) in [6.07, 6.45) is 1.54. The highest BCUT2D eigenvalue weighted by atomic mass is 16.5. The van der Waals surface area contributed by atoms with Gasteiger partial charge in [0.2, 0.25) is 0 Å². The molecule has 2 rings (SSSR count). The molecule has 0 radical (unpaired) electrons. The first-order chi connectivity index (χ1) is 11.7. The Morgan fingerprint density at radius 3 is 1.96 bits per heavy atom. The van der Waals surface area contributed by atoms with Crippen LogP contribution in [0.1, 0.15) is 32.3 Å². The number of nitrogens with zero attached hydrogens (tertiary/aromatic N) is 3.